The van der Waals surface area contributed by atoms with Crippen LogP contribution < -0.4 is 10.5 Å². The van der Waals surface area contributed by atoms with Crippen LogP contribution in [0.3, 0.4) is 0 Å². The fraction of sp³-hybridized carbons (Fsp3) is 0.538. The fourth-order valence-electron chi connectivity index (χ4n) is 2.36. The minimum atomic E-state index is -3.51. The zero-order chi connectivity index (χ0) is 14.2. The number of ether oxygens (including phenoxy) is 1. The van der Waals surface area contributed by atoms with Gasteiger partial charge in [-0.3, -0.25) is 0 Å². The standard InChI is InChI=1S/C13H20N2O3S/c1-9-8-11(13(18-3)12(14)10(9)2)19(16,17)15-6-4-5-7-15/h8H,4-7,14H2,1-3H3. The number of nitrogens with two attached hydrogens (primary N) is 1. The molecular formula is C13H20N2O3S. The van der Waals surface area contributed by atoms with E-state index in [0.29, 0.717) is 18.8 Å². The second-order valence-electron chi connectivity index (χ2n) is 4.87. The Balaban J connectivity index is 2.61. The Bertz CT molecular complexity index is 590. The van der Waals surface area contributed by atoms with E-state index in [2.05, 4.69) is 0 Å². The van der Waals surface area contributed by atoms with E-state index in [1.54, 1.807) is 6.07 Å². The van der Waals surface area contributed by atoms with Crippen molar-refractivity contribution in [2.45, 2.75) is 31.6 Å². The summed E-state index contributed by atoms with van der Waals surface area (Å²) < 4.78 is 32.0. The third-order valence-electron chi connectivity index (χ3n) is 3.70. The van der Waals surface area contributed by atoms with Crippen LogP contribution in [-0.4, -0.2) is 32.9 Å². The molecule has 1 saturated heterocycles. The van der Waals surface area contributed by atoms with Crippen LogP contribution in [0.4, 0.5) is 5.69 Å². The highest BCUT2D eigenvalue weighted by atomic mass is 32.2. The van der Waals surface area contributed by atoms with Gasteiger partial charge in [0.2, 0.25) is 10.0 Å². The summed E-state index contributed by atoms with van der Waals surface area (Å²) in [7, 11) is -2.07. The first kappa shape index (κ1) is 14.1. The Morgan fingerprint density at radius 1 is 1.26 bits per heavy atom. The average molecular weight is 284 g/mol. The maximum absolute atomic E-state index is 12.6. The third-order valence-corrected chi connectivity index (χ3v) is 5.60. The van der Waals surface area contributed by atoms with E-state index >= 15 is 0 Å². The monoisotopic (exact) mass is 284 g/mol. The maximum Gasteiger partial charge on any atom is 0.246 e. The molecule has 1 aromatic rings. The highest BCUT2D eigenvalue weighted by Gasteiger charge is 2.31. The first-order valence-electron chi connectivity index (χ1n) is 6.33. The van der Waals surface area contributed by atoms with Crippen LogP contribution in [0, 0.1) is 13.8 Å². The molecule has 0 amide bonds. The number of aryl methyl sites for hydroxylation is 1. The minimum absolute atomic E-state index is 0.178. The average Bonchev–Trinajstić information content (AvgIpc) is 2.90. The number of anilines is 1. The van der Waals surface area contributed by atoms with Crippen LogP contribution in [0.5, 0.6) is 5.75 Å². The van der Waals surface area contributed by atoms with Crippen molar-refractivity contribution in [3.63, 3.8) is 0 Å². The molecule has 2 N–H and O–H groups in total. The fourth-order valence-corrected chi connectivity index (χ4v) is 4.13. The zero-order valence-corrected chi connectivity index (χ0v) is 12.4. The van der Waals surface area contributed by atoms with E-state index in [-0.39, 0.29) is 10.6 Å². The molecule has 0 aromatic heterocycles. The topological polar surface area (TPSA) is 72.6 Å². The van der Waals surface area contributed by atoms with Crippen molar-refractivity contribution in [3.05, 3.63) is 17.2 Å². The summed E-state index contributed by atoms with van der Waals surface area (Å²) in [6.07, 6.45) is 1.81. The first-order chi connectivity index (χ1) is 8.89. The predicted molar refractivity (Wildman–Crippen MR) is 74.9 cm³/mol. The summed E-state index contributed by atoms with van der Waals surface area (Å²) in [6.45, 7) is 4.85. The van der Waals surface area contributed by atoms with Gasteiger partial charge in [-0.15, -0.1) is 0 Å². The van der Waals surface area contributed by atoms with Crippen LogP contribution in [0.15, 0.2) is 11.0 Å². The summed E-state index contributed by atoms with van der Waals surface area (Å²) in [4.78, 5) is 0.178. The van der Waals surface area contributed by atoms with Crippen molar-refractivity contribution in [2.75, 3.05) is 25.9 Å². The lowest BCUT2D eigenvalue weighted by molar-refractivity contribution is 0.400. The lowest BCUT2D eigenvalue weighted by atomic mass is 10.1. The van der Waals surface area contributed by atoms with Gasteiger partial charge in [-0.25, -0.2) is 8.42 Å². The van der Waals surface area contributed by atoms with Crippen LogP contribution >= 0.6 is 0 Å². The molecule has 0 radical (unpaired) electrons. The van der Waals surface area contributed by atoms with Crippen molar-refractivity contribution in [2.24, 2.45) is 0 Å². The lowest BCUT2D eigenvalue weighted by Crippen LogP contribution is -2.28. The molecule has 5 nitrogen and oxygen atoms in total. The number of sulfonamides is 1. The van der Waals surface area contributed by atoms with Gasteiger partial charge in [0.05, 0.1) is 12.8 Å². The summed E-state index contributed by atoms with van der Waals surface area (Å²) in [5.74, 6) is 0.259. The van der Waals surface area contributed by atoms with Crippen LogP contribution in [0.25, 0.3) is 0 Å². The molecule has 6 heteroatoms. The van der Waals surface area contributed by atoms with Gasteiger partial charge in [-0.1, -0.05) is 0 Å². The number of nitrogens with zero attached hydrogens (tertiary/aromatic N) is 1. The van der Waals surface area contributed by atoms with Crippen molar-refractivity contribution in [3.8, 4) is 5.75 Å². The second-order valence-corrected chi connectivity index (χ2v) is 6.78. The molecule has 0 saturated carbocycles. The van der Waals surface area contributed by atoms with Crippen molar-refractivity contribution in [1.82, 2.24) is 4.31 Å². The SMILES string of the molecule is COc1c(S(=O)(=O)N2CCCC2)cc(C)c(C)c1N. The molecule has 2 rings (SSSR count). The Labute approximate surface area is 114 Å². The van der Waals surface area contributed by atoms with Gasteiger partial charge in [0.25, 0.3) is 0 Å². The molecule has 1 aromatic carbocycles. The van der Waals surface area contributed by atoms with Crippen LogP contribution in [-0.2, 0) is 10.0 Å². The van der Waals surface area contributed by atoms with E-state index in [0.717, 1.165) is 24.0 Å². The van der Waals surface area contributed by atoms with E-state index in [9.17, 15) is 8.42 Å². The Morgan fingerprint density at radius 3 is 2.37 bits per heavy atom. The molecule has 106 valence electrons. The third kappa shape index (κ3) is 2.30. The van der Waals surface area contributed by atoms with E-state index in [1.165, 1.54) is 11.4 Å². The summed E-state index contributed by atoms with van der Waals surface area (Å²) in [5, 5.41) is 0. The number of rotatable bonds is 3. The van der Waals surface area contributed by atoms with Gasteiger partial charge in [-0.2, -0.15) is 4.31 Å². The highest BCUT2D eigenvalue weighted by Crippen LogP contribution is 2.37. The normalized spacial score (nSPS) is 16.8. The van der Waals surface area contributed by atoms with Gasteiger partial charge in [0.15, 0.2) is 5.75 Å². The Hall–Kier alpha value is -1.27. The molecule has 0 aliphatic carbocycles. The second kappa shape index (κ2) is 5.02. The minimum Gasteiger partial charge on any atom is -0.493 e. The zero-order valence-electron chi connectivity index (χ0n) is 11.6. The molecule has 1 aliphatic rings. The van der Waals surface area contributed by atoms with Gasteiger partial charge < -0.3 is 10.5 Å². The summed E-state index contributed by atoms with van der Waals surface area (Å²) >= 11 is 0. The number of methoxy groups -OCH3 is 1. The van der Waals surface area contributed by atoms with Crippen LogP contribution in [0.1, 0.15) is 24.0 Å². The molecule has 19 heavy (non-hydrogen) atoms. The molecule has 1 aliphatic heterocycles. The Kier molecular flexibility index (Phi) is 3.73. The quantitative estimate of drug-likeness (QED) is 0.857. The molecule has 1 fully saturated rings. The molecular weight excluding hydrogens is 264 g/mol. The maximum atomic E-state index is 12.6. The molecule has 0 spiro atoms. The summed E-state index contributed by atoms with van der Waals surface area (Å²) in [5.41, 5.74) is 8.10. The smallest absolute Gasteiger partial charge is 0.246 e. The van der Waals surface area contributed by atoms with Gasteiger partial charge in [0.1, 0.15) is 4.90 Å². The number of hydrogen-bond acceptors (Lipinski definition) is 4. The van der Waals surface area contributed by atoms with Crippen molar-refractivity contribution >= 4 is 15.7 Å². The number of nitrogen functional groups attached to an aromatic ring is 1. The largest absolute Gasteiger partial charge is 0.493 e. The molecule has 1 heterocycles. The highest BCUT2D eigenvalue weighted by molar-refractivity contribution is 7.89. The molecule has 0 atom stereocenters. The van der Waals surface area contributed by atoms with Crippen LogP contribution in [0.2, 0.25) is 0 Å². The first-order valence-corrected chi connectivity index (χ1v) is 7.77. The predicted octanol–water partition coefficient (Wildman–Crippen LogP) is 1.68. The van der Waals surface area contributed by atoms with Crippen molar-refractivity contribution < 1.29 is 13.2 Å². The lowest BCUT2D eigenvalue weighted by Gasteiger charge is -2.20. The van der Waals surface area contributed by atoms with Gasteiger partial charge in [0, 0.05) is 13.1 Å². The molecule has 0 unspecified atom stereocenters. The van der Waals surface area contributed by atoms with E-state index in [1.807, 2.05) is 13.8 Å². The van der Waals surface area contributed by atoms with E-state index in [4.69, 9.17) is 10.5 Å². The van der Waals surface area contributed by atoms with E-state index < -0.39 is 10.0 Å². The van der Waals surface area contributed by atoms with Crippen molar-refractivity contribution in [1.29, 1.82) is 0 Å². The van der Waals surface area contributed by atoms with Gasteiger partial charge in [-0.05, 0) is 43.9 Å². The number of benzene rings is 1. The summed E-state index contributed by atoms with van der Waals surface area (Å²) in [6, 6.07) is 1.65. The number of hydrogen-bond donors (Lipinski definition) is 1. The van der Waals surface area contributed by atoms with Gasteiger partial charge >= 0.3 is 0 Å². The molecule has 0 bridgehead atoms. The Morgan fingerprint density at radius 2 is 1.84 bits per heavy atom.